The minimum absolute atomic E-state index is 0.000338. The highest BCUT2D eigenvalue weighted by atomic mass is 16.4. The molecule has 1 aromatic carbocycles. The van der Waals surface area contributed by atoms with Gasteiger partial charge in [-0.2, -0.15) is 0 Å². The average Bonchev–Trinajstić information content (AvgIpc) is 3.37. The molecule has 2 fully saturated rings. The van der Waals surface area contributed by atoms with Crippen LogP contribution in [0.1, 0.15) is 49.0 Å². The fourth-order valence-electron chi connectivity index (χ4n) is 4.82. The molecule has 5 N–H and O–H groups in total. The van der Waals surface area contributed by atoms with Crippen molar-refractivity contribution in [3.8, 4) is 0 Å². The van der Waals surface area contributed by atoms with Gasteiger partial charge in [-0.15, -0.1) is 0 Å². The van der Waals surface area contributed by atoms with Crippen LogP contribution in [0.3, 0.4) is 0 Å². The molecule has 3 aliphatic heterocycles. The predicted molar refractivity (Wildman–Crippen MR) is 142 cm³/mol. The lowest BCUT2D eigenvalue weighted by Crippen LogP contribution is -2.59. The second-order valence-corrected chi connectivity index (χ2v) is 9.68. The Kier molecular flexibility index (Phi) is 9.78. The molecule has 0 aliphatic carbocycles. The fraction of sp³-hybridized carbons (Fsp3) is 0.444. The minimum Gasteiger partial charge on any atom is -0.481 e. The van der Waals surface area contributed by atoms with Gasteiger partial charge in [0.25, 0.3) is 17.8 Å². The van der Waals surface area contributed by atoms with Gasteiger partial charge in [0.05, 0.1) is 16.9 Å². The van der Waals surface area contributed by atoms with Crippen LogP contribution < -0.4 is 16.0 Å². The van der Waals surface area contributed by atoms with E-state index in [1.807, 2.05) is 41.4 Å². The number of amides is 2. The molecule has 1 unspecified atom stereocenters. The summed E-state index contributed by atoms with van der Waals surface area (Å²) < 4.78 is 0. The topological polar surface area (TPSA) is 161 Å². The Labute approximate surface area is 221 Å². The van der Waals surface area contributed by atoms with Gasteiger partial charge in [-0.25, -0.2) is 0 Å². The lowest BCUT2D eigenvalue weighted by atomic mass is 9.84. The summed E-state index contributed by atoms with van der Waals surface area (Å²) in [4.78, 5) is 50.1. The number of anilines is 2. The van der Waals surface area contributed by atoms with Crippen LogP contribution in [0.4, 0.5) is 11.4 Å². The van der Waals surface area contributed by atoms with E-state index in [1.165, 1.54) is 6.42 Å². The normalized spacial score (nSPS) is 18.9. The van der Waals surface area contributed by atoms with E-state index < -0.39 is 17.5 Å². The third-order valence-electron chi connectivity index (χ3n) is 6.62. The maximum absolute atomic E-state index is 13.1. The summed E-state index contributed by atoms with van der Waals surface area (Å²) in [5, 5.41) is 24.7. The fourth-order valence-corrected chi connectivity index (χ4v) is 4.82. The summed E-state index contributed by atoms with van der Waals surface area (Å²) in [6.45, 7) is 5.35. The molecule has 0 radical (unpaired) electrons. The number of carboxylic acids is 2. The summed E-state index contributed by atoms with van der Waals surface area (Å²) in [5.74, 6) is -1.06. The van der Waals surface area contributed by atoms with E-state index in [4.69, 9.17) is 19.8 Å². The van der Waals surface area contributed by atoms with Gasteiger partial charge < -0.3 is 31.1 Å². The van der Waals surface area contributed by atoms with Crippen LogP contribution in [-0.2, 0) is 20.8 Å². The number of fused-ring (bicyclic) bond motifs is 1. The van der Waals surface area contributed by atoms with Crippen molar-refractivity contribution >= 4 is 35.1 Å². The average molecular weight is 526 g/mol. The van der Waals surface area contributed by atoms with E-state index >= 15 is 0 Å². The summed E-state index contributed by atoms with van der Waals surface area (Å²) in [5.41, 5.74) is 2.86. The van der Waals surface area contributed by atoms with Crippen LogP contribution in [0.2, 0.25) is 0 Å². The molecule has 2 aromatic rings. The van der Waals surface area contributed by atoms with Crippen LogP contribution in [0.15, 0.2) is 42.7 Å². The van der Waals surface area contributed by atoms with Crippen LogP contribution in [0.25, 0.3) is 0 Å². The number of nitrogens with zero attached hydrogens (tertiary/aromatic N) is 2. The van der Waals surface area contributed by atoms with Crippen molar-refractivity contribution in [1.29, 1.82) is 0 Å². The zero-order valence-electron chi connectivity index (χ0n) is 21.7. The molecule has 3 aliphatic rings. The number of rotatable bonds is 3. The number of aromatic nitrogens is 1. The second-order valence-electron chi connectivity index (χ2n) is 9.68. The molecule has 11 nitrogen and oxygen atoms in total. The number of carboxylic acid groups (broad SMARTS) is 2. The number of nitrogens with one attached hydrogen (secondary N) is 3. The number of hydrogen-bond donors (Lipinski definition) is 5. The number of carbonyl (C=O) groups excluding carboxylic acids is 2. The standard InChI is InChI=1S/C23H27N5O2.2C2H4O2/c29-21(18-12-17(14-25-15-18)11-16-5-8-24-13-16)28-9-6-23(7-10-28)22(30)26-19-3-1-2-4-20(19)27-23;2*1-2(3)4/h1-4,12,14-16,24,27H,5-11,13H2,(H,26,30);2*1H3,(H,3,4). The van der Waals surface area contributed by atoms with Gasteiger partial charge in [0.1, 0.15) is 5.54 Å². The molecule has 0 bridgehead atoms. The van der Waals surface area contributed by atoms with E-state index in [0.29, 0.717) is 37.4 Å². The first-order chi connectivity index (χ1) is 18.1. The van der Waals surface area contributed by atoms with E-state index in [0.717, 1.165) is 50.3 Å². The number of hydrogen-bond acceptors (Lipinski definition) is 7. The SMILES string of the molecule is CC(=O)O.CC(=O)O.O=C(c1cncc(CC2CCNC2)c1)N1CCC2(CC1)Nc1ccccc1NC2=O. The van der Waals surface area contributed by atoms with Gasteiger partial charge in [-0.3, -0.25) is 24.2 Å². The van der Waals surface area contributed by atoms with Crippen molar-refractivity contribution in [3.05, 3.63) is 53.9 Å². The van der Waals surface area contributed by atoms with Gasteiger partial charge in [0.15, 0.2) is 0 Å². The molecular formula is C27H35N5O6. The third-order valence-corrected chi connectivity index (χ3v) is 6.62. The first kappa shape index (κ1) is 28.6. The molecular weight excluding hydrogens is 490 g/mol. The monoisotopic (exact) mass is 525 g/mol. The van der Waals surface area contributed by atoms with E-state index in [9.17, 15) is 9.59 Å². The van der Waals surface area contributed by atoms with E-state index in [2.05, 4.69) is 20.9 Å². The summed E-state index contributed by atoms with van der Waals surface area (Å²) in [7, 11) is 0. The summed E-state index contributed by atoms with van der Waals surface area (Å²) >= 11 is 0. The highest BCUT2D eigenvalue weighted by molar-refractivity contribution is 6.06. The van der Waals surface area contributed by atoms with Gasteiger partial charge >= 0.3 is 0 Å². The van der Waals surface area contributed by atoms with Crippen molar-refractivity contribution in [3.63, 3.8) is 0 Å². The van der Waals surface area contributed by atoms with Crippen LogP contribution >= 0.6 is 0 Å². The Balaban J connectivity index is 0.000000443. The minimum atomic E-state index is -0.833. The zero-order valence-corrected chi connectivity index (χ0v) is 21.7. The Bertz CT molecular complexity index is 1140. The quantitative estimate of drug-likeness (QED) is 0.405. The molecule has 204 valence electrons. The first-order valence-electron chi connectivity index (χ1n) is 12.6. The number of aliphatic carboxylic acids is 2. The van der Waals surface area contributed by atoms with Crippen LogP contribution in [-0.4, -0.2) is 75.6 Å². The molecule has 2 amide bonds. The molecule has 1 aromatic heterocycles. The molecule has 4 heterocycles. The lowest BCUT2D eigenvalue weighted by molar-refractivity contribution is -0.135. The van der Waals surface area contributed by atoms with Gasteiger partial charge in [0.2, 0.25) is 5.91 Å². The number of benzene rings is 1. The molecule has 2 saturated heterocycles. The summed E-state index contributed by atoms with van der Waals surface area (Å²) in [6, 6.07) is 9.72. The Morgan fingerprint density at radius 2 is 1.68 bits per heavy atom. The smallest absolute Gasteiger partial charge is 0.300 e. The number of likely N-dealkylation sites (tertiary alicyclic amines) is 1. The Hall–Kier alpha value is -3.99. The number of piperidine rings is 1. The van der Waals surface area contributed by atoms with Crippen molar-refractivity contribution < 1.29 is 29.4 Å². The maximum Gasteiger partial charge on any atom is 0.300 e. The number of carbonyl (C=O) groups is 4. The highest BCUT2D eigenvalue weighted by Gasteiger charge is 2.45. The predicted octanol–water partition coefficient (Wildman–Crippen LogP) is 2.45. The Morgan fingerprint density at radius 1 is 1.05 bits per heavy atom. The van der Waals surface area contributed by atoms with E-state index in [-0.39, 0.29) is 11.8 Å². The molecule has 1 atom stereocenters. The number of para-hydroxylation sites is 2. The third kappa shape index (κ3) is 7.75. The summed E-state index contributed by atoms with van der Waals surface area (Å²) in [6.07, 6.45) is 6.82. The van der Waals surface area contributed by atoms with Gasteiger partial charge in [-0.1, -0.05) is 12.1 Å². The molecule has 5 rings (SSSR count). The van der Waals surface area contributed by atoms with Gasteiger partial charge in [-0.05, 0) is 68.5 Å². The van der Waals surface area contributed by atoms with E-state index in [1.54, 1.807) is 6.20 Å². The highest BCUT2D eigenvalue weighted by Crippen LogP contribution is 2.36. The zero-order chi connectivity index (χ0) is 27.7. The molecule has 38 heavy (non-hydrogen) atoms. The first-order valence-corrected chi connectivity index (χ1v) is 12.6. The molecule has 11 heteroatoms. The second kappa shape index (κ2) is 13.0. The Morgan fingerprint density at radius 3 is 2.29 bits per heavy atom. The molecule has 0 saturated carbocycles. The maximum atomic E-state index is 13.1. The van der Waals surface area contributed by atoms with Gasteiger partial charge in [0, 0.05) is 39.3 Å². The van der Waals surface area contributed by atoms with Crippen LogP contribution in [0, 0.1) is 5.92 Å². The van der Waals surface area contributed by atoms with Crippen LogP contribution in [0.5, 0.6) is 0 Å². The van der Waals surface area contributed by atoms with Crippen molar-refractivity contribution in [1.82, 2.24) is 15.2 Å². The van der Waals surface area contributed by atoms with Crippen molar-refractivity contribution in [2.75, 3.05) is 36.8 Å². The number of pyridine rings is 1. The molecule has 1 spiro atoms. The van der Waals surface area contributed by atoms with Crippen molar-refractivity contribution in [2.45, 2.75) is 45.1 Å². The lowest BCUT2D eigenvalue weighted by Gasteiger charge is -2.44. The van der Waals surface area contributed by atoms with Crippen molar-refractivity contribution in [2.24, 2.45) is 5.92 Å². The largest absolute Gasteiger partial charge is 0.481 e.